The first-order valence-electron chi connectivity index (χ1n) is 21.4. The standard InChI is InChI=1S/C45H56O23/c1-17(2)8-13-24-26(63-43-34(55)32(53)30(51)27(15-46)64-43)14-25(50)29-31(52)41(38(66-39(24)29)22-9-11-23(58-7)12-10-22)67-45-36(57)42(37(18(3)60-45)61-20(5)48)68-44-35(56)33(54)40(62-21(6)49)28(65-44)16-59-19(4)47/h8-12,14,18,27-28,30,32-37,40,42-46,50-51,53-57H,13,15-16H2,1-7H3/t18-,27+,28+,30+,32-,33+,34+,35+,36+,37+,40+,42-,43+,44-,45-/m0/s1. The van der Waals surface area contributed by atoms with Gasteiger partial charge in [-0.3, -0.25) is 19.2 Å². The Balaban J connectivity index is 1.45. The minimum atomic E-state index is -2.04. The highest BCUT2D eigenvalue weighted by Crippen LogP contribution is 2.42. The summed E-state index contributed by atoms with van der Waals surface area (Å²) in [6.45, 7) is 6.83. The van der Waals surface area contributed by atoms with Crippen LogP contribution in [0.5, 0.6) is 23.0 Å². The zero-order valence-electron chi connectivity index (χ0n) is 37.9. The number of aliphatic hydroxyl groups is 7. The Morgan fingerprint density at radius 3 is 1.94 bits per heavy atom. The molecule has 2 aromatic carbocycles. The van der Waals surface area contributed by atoms with Crippen LogP contribution in [0.2, 0.25) is 0 Å². The van der Waals surface area contributed by atoms with Crippen molar-refractivity contribution in [2.45, 2.75) is 140 Å². The molecule has 0 amide bonds. The third-order valence-corrected chi connectivity index (χ3v) is 11.3. The summed E-state index contributed by atoms with van der Waals surface area (Å²) >= 11 is 0. The number of carbonyl (C=O) groups excluding carboxylic acids is 3. The number of allylic oxidation sites excluding steroid dienone is 2. The van der Waals surface area contributed by atoms with Crippen molar-refractivity contribution in [1.29, 1.82) is 0 Å². The minimum absolute atomic E-state index is 0.0251. The summed E-state index contributed by atoms with van der Waals surface area (Å²) in [5.41, 5.74) is -0.170. The highest BCUT2D eigenvalue weighted by molar-refractivity contribution is 5.91. The summed E-state index contributed by atoms with van der Waals surface area (Å²) in [5.74, 6) is -3.95. The van der Waals surface area contributed by atoms with E-state index in [0.29, 0.717) is 5.75 Å². The molecule has 4 heterocycles. The van der Waals surface area contributed by atoms with Crippen LogP contribution in [0.15, 0.2) is 51.2 Å². The van der Waals surface area contributed by atoms with Crippen LogP contribution in [0.25, 0.3) is 22.3 Å². The molecule has 0 saturated carbocycles. The Hall–Kier alpha value is -5.44. The average Bonchev–Trinajstić information content (AvgIpc) is 3.28. The molecule has 15 atom stereocenters. The summed E-state index contributed by atoms with van der Waals surface area (Å²) < 4.78 is 63.2. The first kappa shape index (κ1) is 51.9. The molecule has 3 aliphatic heterocycles. The molecule has 0 aliphatic carbocycles. The van der Waals surface area contributed by atoms with Gasteiger partial charge >= 0.3 is 17.9 Å². The number of aromatic hydroxyl groups is 1. The fourth-order valence-electron chi connectivity index (χ4n) is 7.85. The van der Waals surface area contributed by atoms with Crippen molar-refractivity contribution in [1.82, 2.24) is 0 Å². The predicted octanol–water partition coefficient (Wildman–Crippen LogP) is -0.395. The van der Waals surface area contributed by atoms with Crippen LogP contribution in [0.3, 0.4) is 0 Å². The summed E-state index contributed by atoms with van der Waals surface area (Å²) in [6, 6.07) is 7.11. The van der Waals surface area contributed by atoms with Crippen LogP contribution in [-0.2, 0) is 54.0 Å². The smallest absolute Gasteiger partial charge is 0.303 e. The second-order valence-electron chi connectivity index (χ2n) is 16.6. The molecule has 3 aliphatic rings. The Morgan fingerprint density at radius 2 is 1.34 bits per heavy atom. The molecule has 0 bridgehead atoms. The van der Waals surface area contributed by atoms with Crippen LogP contribution in [0, 0.1) is 0 Å². The van der Waals surface area contributed by atoms with Crippen LogP contribution in [-0.4, -0.2) is 171 Å². The fourth-order valence-corrected chi connectivity index (χ4v) is 7.85. The maximum Gasteiger partial charge on any atom is 0.303 e. The lowest BCUT2D eigenvalue weighted by Crippen LogP contribution is -2.65. The average molecular weight is 965 g/mol. The van der Waals surface area contributed by atoms with Crippen molar-refractivity contribution in [2.24, 2.45) is 0 Å². The summed E-state index contributed by atoms with van der Waals surface area (Å²) in [7, 11) is 1.43. The molecular formula is C45H56O23. The van der Waals surface area contributed by atoms with E-state index < -0.39 is 146 Å². The van der Waals surface area contributed by atoms with Gasteiger partial charge in [0.15, 0.2) is 24.3 Å². The van der Waals surface area contributed by atoms with Gasteiger partial charge in [0.05, 0.1) is 19.8 Å². The molecule has 0 spiro atoms. The number of ether oxygens (including phenoxy) is 10. The van der Waals surface area contributed by atoms with E-state index in [1.807, 2.05) is 0 Å². The van der Waals surface area contributed by atoms with Gasteiger partial charge in [-0.05, 0) is 51.5 Å². The number of hydrogen-bond acceptors (Lipinski definition) is 23. The zero-order valence-corrected chi connectivity index (χ0v) is 37.9. The molecule has 1 aromatic heterocycles. The van der Waals surface area contributed by atoms with Gasteiger partial charge in [0, 0.05) is 38.0 Å². The molecule has 374 valence electrons. The number of benzene rings is 2. The molecule has 23 heteroatoms. The first-order chi connectivity index (χ1) is 32.1. The van der Waals surface area contributed by atoms with Gasteiger partial charge in [-0.15, -0.1) is 0 Å². The quantitative estimate of drug-likeness (QED) is 0.0546. The molecule has 6 rings (SSSR count). The molecule has 68 heavy (non-hydrogen) atoms. The van der Waals surface area contributed by atoms with Gasteiger partial charge < -0.3 is 92.6 Å². The van der Waals surface area contributed by atoms with Gasteiger partial charge in [0.2, 0.25) is 23.8 Å². The van der Waals surface area contributed by atoms with Crippen LogP contribution < -0.4 is 19.6 Å². The summed E-state index contributed by atoms with van der Waals surface area (Å²) in [4.78, 5) is 50.9. The van der Waals surface area contributed by atoms with Crippen LogP contribution in [0.1, 0.15) is 47.1 Å². The highest BCUT2D eigenvalue weighted by atomic mass is 16.8. The van der Waals surface area contributed by atoms with Crippen molar-refractivity contribution >= 4 is 28.9 Å². The van der Waals surface area contributed by atoms with Crippen LogP contribution >= 0.6 is 0 Å². The van der Waals surface area contributed by atoms with E-state index in [1.54, 1.807) is 19.9 Å². The van der Waals surface area contributed by atoms with E-state index in [4.69, 9.17) is 51.8 Å². The van der Waals surface area contributed by atoms with Gasteiger partial charge in [-0.25, -0.2) is 0 Å². The number of aliphatic hydroxyl groups excluding tert-OH is 7. The predicted molar refractivity (Wildman–Crippen MR) is 228 cm³/mol. The van der Waals surface area contributed by atoms with Gasteiger partial charge in [0.1, 0.15) is 89.8 Å². The molecule has 3 aromatic rings. The molecule has 3 saturated heterocycles. The topological polar surface area (TPSA) is 336 Å². The lowest BCUT2D eigenvalue weighted by Gasteiger charge is -2.46. The largest absolute Gasteiger partial charge is 0.507 e. The fraction of sp³-hybridized carbons (Fsp3) is 0.556. The number of methoxy groups -OCH3 is 1. The molecular weight excluding hydrogens is 908 g/mol. The van der Waals surface area contributed by atoms with E-state index in [1.165, 1.54) is 38.3 Å². The number of carbonyl (C=O) groups is 3. The number of esters is 3. The van der Waals surface area contributed by atoms with Gasteiger partial charge in [-0.2, -0.15) is 0 Å². The third-order valence-electron chi connectivity index (χ3n) is 11.3. The number of rotatable bonds is 15. The SMILES string of the molecule is COc1ccc(-c2oc3c(CC=C(C)C)c(O[C@@H]4O[C@H](CO)[C@@H](O)[C@H](O)[C@H]4O)cc(O)c3c(=O)c2O[C@@H]2O[C@@H](C)[C@@H](OC(C)=O)[C@@H](O[C@@H]3O[C@H](COC(C)=O)[C@@H](OC(C)=O)[C@H](O)[C@H]3O)[C@H]2O)cc1. The monoisotopic (exact) mass is 964 g/mol. The first-order valence-corrected chi connectivity index (χ1v) is 21.4. The Kier molecular flexibility index (Phi) is 16.7. The van der Waals surface area contributed by atoms with Crippen LogP contribution in [0.4, 0.5) is 0 Å². The van der Waals surface area contributed by atoms with E-state index >= 15 is 0 Å². The summed E-state index contributed by atoms with van der Waals surface area (Å²) in [6.07, 6.45) is -23.9. The number of phenolic OH excluding ortho intramolecular Hbond substituents is 1. The normalized spacial score (nSPS) is 31.6. The van der Waals surface area contributed by atoms with Crippen molar-refractivity contribution in [3.63, 3.8) is 0 Å². The van der Waals surface area contributed by atoms with Gasteiger partial charge in [-0.1, -0.05) is 11.6 Å². The highest BCUT2D eigenvalue weighted by Gasteiger charge is 2.54. The van der Waals surface area contributed by atoms with E-state index in [2.05, 4.69) is 0 Å². The molecule has 3 fully saturated rings. The molecule has 8 N–H and O–H groups in total. The van der Waals surface area contributed by atoms with Crippen molar-refractivity contribution < 1.29 is 107 Å². The Morgan fingerprint density at radius 1 is 0.721 bits per heavy atom. The number of phenols is 1. The lowest BCUT2D eigenvalue weighted by atomic mass is 9.96. The second-order valence-corrected chi connectivity index (χ2v) is 16.6. The van der Waals surface area contributed by atoms with Crippen molar-refractivity contribution in [2.75, 3.05) is 20.3 Å². The molecule has 23 nitrogen and oxygen atoms in total. The Bertz CT molecular complexity index is 2360. The number of hydrogen-bond donors (Lipinski definition) is 8. The maximum atomic E-state index is 14.9. The summed E-state index contributed by atoms with van der Waals surface area (Å²) in [5, 5.41) is 86.9. The molecule has 0 radical (unpaired) electrons. The van der Waals surface area contributed by atoms with E-state index in [-0.39, 0.29) is 34.6 Å². The van der Waals surface area contributed by atoms with Gasteiger partial charge in [0.25, 0.3) is 0 Å². The maximum absolute atomic E-state index is 14.9. The van der Waals surface area contributed by atoms with Crippen molar-refractivity contribution in [3.05, 3.63) is 57.8 Å². The van der Waals surface area contributed by atoms with Crippen molar-refractivity contribution in [3.8, 4) is 34.3 Å². The number of fused-ring (bicyclic) bond motifs is 1. The van der Waals surface area contributed by atoms with E-state index in [9.17, 15) is 60.0 Å². The zero-order chi connectivity index (χ0) is 49.9. The lowest BCUT2D eigenvalue weighted by molar-refractivity contribution is -0.351. The Labute approximate surface area is 387 Å². The van der Waals surface area contributed by atoms with E-state index in [0.717, 1.165) is 32.4 Å². The second kappa shape index (κ2) is 21.9. The third kappa shape index (κ3) is 11.2. The molecule has 0 unspecified atom stereocenters. The minimum Gasteiger partial charge on any atom is -0.507 e.